The Morgan fingerprint density at radius 2 is 2.15 bits per heavy atom. The van der Waals surface area contributed by atoms with Gasteiger partial charge < -0.3 is 5.73 Å². The third-order valence-electron chi connectivity index (χ3n) is 1.30. The Balaban J connectivity index is 2.83. The number of aromatic nitrogens is 4. The summed E-state index contributed by atoms with van der Waals surface area (Å²) >= 11 is 0. The summed E-state index contributed by atoms with van der Waals surface area (Å²) in [6.07, 6.45) is -4.33. The minimum absolute atomic E-state index is 0.0253. The highest BCUT2D eigenvalue weighted by atomic mass is 19.4. The molecule has 0 aliphatic rings. The van der Waals surface area contributed by atoms with E-state index in [0.29, 0.717) is 4.68 Å². The van der Waals surface area contributed by atoms with Gasteiger partial charge in [-0.05, 0) is 17.4 Å². The highest BCUT2D eigenvalue weighted by Gasteiger charge is 2.30. The minimum Gasteiger partial charge on any atom is -0.322 e. The molecule has 74 valence electrons. The standard InChI is InChI=1S/C5H8F3N5/c1-3(9)4-10-11-12-13(4)2-5(6,7)8/h3H,2,9H2,1H3. The van der Waals surface area contributed by atoms with E-state index in [1.807, 2.05) is 0 Å². The lowest BCUT2D eigenvalue weighted by Gasteiger charge is -2.08. The highest BCUT2D eigenvalue weighted by Crippen LogP contribution is 2.18. The molecule has 0 fully saturated rings. The zero-order valence-electron chi connectivity index (χ0n) is 6.78. The van der Waals surface area contributed by atoms with Gasteiger partial charge in [-0.25, -0.2) is 4.68 Å². The quantitative estimate of drug-likeness (QED) is 0.734. The van der Waals surface area contributed by atoms with Gasteiger partial charge in [0.1, 0.15) is 6.54 Å². The Bertz CT molecular complexity index is 278. The maximum absolute atomic E-state index is 11.9. The first kappa shape index (κ1) is 9.90. The Morgan fingerprint density at radius 1 is 1.54 bits per heavy atom. The molecule has 1 atom stereocenters. The molecule has 8 heteroatoms. The molecule has 1 unspecified atom stereocenters. The van der Waals surface area contributed by atoms with E-state index in [1.54, 1.807) is 0 Å². The fraction of sp³-hybridized carbons (Fsp3) is 0.800. The van der Waals surface area contributed by atoms with Crippen molar-refractivity contribution in [3.05, 3.63) is 5.82 Å². The van der Waals surface area contributed by atoms with Crippen LogP contribution in [0.4, 0.5) is 13.2 Å². The van der Waals surface area contributed by atoms with E-state index in [4.69, 9.17) is 5.73 Å². The van der Waals surface area contributed by atoms with E-state index in [1.165, 1.54) is 6.92 Å². The molecule has 13 heavy (non-hydrogen) atoms. The van der Waals surface area contributed by atoms with Crippen molar-refractivity contribution >= 4 is 0 Å². The molecular weight excluding hydrogens is 187 g/mol. The van der Waals surface area contributed by atoms with Gasteiger partial charge in [0, 0.05) is 0 Å². The summed E-state index contributed by atoms with van der Waals surface area (Å²) in [4.78, 5) is 0. The van der Waals surface area contributed by atoms with Crippen LogP contribution in [0, 0.1) is 0 Å². The van der Waals surface area contributed by atoms with Crippen LogP contribution in [-0.2, 0) is 6.54 Å². The number of alkyl halides is 3. The van der Waals surface area contributed by atoms with E-state index in [0.717, 1.165) is 0 Å². The van der Waals surface area contributed by atoms with Crippen LogP contribution >= 0.6 is 0 Å². The fourth-order valence-electron chi connectivity index (χ4n) is 0.820. The zero-order chi connectivity index (χ0) is 10.1. The molecule has 5 nitrogen and oxygen atoms in total. The lowest BCUT2D eigenvalue weighted by molar-refractivity contribution is -0.143. The lowest BCUT2D eigenvalue weighted by Crippen LogP contribution is -2.23. The first-order valence-corrected chi connectivity index (χ1v) is 3.48. The van der Waals surface area contributed by atoms with Crippen molar-refractivity contribution in [1.82, 2.24) is 20.2 Å². The van der Waals surface area contributed by atoms with Gasteiger partial charge in [-0.2, -0.15) is 13.2 Å². The summed E-state index contributed by atoms with van der Waals surface area (Å²) in [5.74, 6) is 0.0253. The van der Waals surface area contributed by atoms with Crippen molar-refractivity contribution in [3.8, 4) is 0 Å². The van der Waals surface area contributed by atoms with Crippen LogP contribution in [0.2, 0.25) is 0 Å². The third kappa shape index (κ3) is 2.65. The van der Waals surface area contributed by atoms with Gasteiger partial charge in [0.2, 0.25) is 0 Å². The topological polar surface area (TPSA) is 69.6 Å². The molecule has 0 aliphatic heterocycles. The van der Waals surface area contributed by atoms with Gasteiger partial charge in [-0.1, -0.05) is 0 Å². The van der Waals surface area contributed by atoms with Crippen LogP contribution in [0.3, 0.4) is 0 Å². The summed E-state index contributed by atoms with van der Waals surface area (Å²) in [6, 6.07) is -0.614. The molecule has 1 heterocycles. The minimum atomic E-state index is -4.33. The summed E-state index contributed by atoms with van der Waals surface area (Å²) in [5, 5.41) is 9.67. The second kappa shape index (κ2) is 3.29. The number of hydrogen-bond donors (Lipinski definition) is 1. The number of rotatable bonds is 2. The number of nitrogens with zero attached hydrogens (tertiary/aromatic N) is 4. The number of tetrazole rings is 1. The molecule has 0 amide bonds. The third-order valence-corrected chi connectivity index (χ3v) is 1.30. The Labute approximate surface area is 71.7 Å². The second-order valence-electron chi connectivity index (χ2n) is 2.60. The molecule has 0 aromatic carbocycles. The molecule has 1 aromatic rings. The van der Waals surface area contributed by atoms with Crippen molar-refractivity contribution in [1.29, 1.82) is 0 Å². The summed E-state index contributed by atoms with van der Waals surface area (Å²) in [5.41, 5.74) is 5.35. The van der Waals surface area contributed by atoms with Crippen LogP contribution in [0.1, 0.15) is 18.8 Å². The summed E-state index contributed by atoms with van der Waals surface area (Å²) < 4.78 is 36.4. The van der Waals surface area contributed by atoms with Gasteiger partial charge in [-0.3, -0.25) is 0 Å². The van der Waals surface area contributed by atoms with Gasteiger partial charge in [0.05, 0.1) is 6.04 Å². The van der Waals surface area contributed by atoms with Crippen LogP contribution in [0.15, 0.2) is 0 Å². The monoisotopic (exact) mass is 195 g/mol. The van der Waals surface area contributed by atoms with Crippen molar-refractivity contribution in [3.63, 3.8) is 0 Å². The SMILES string of the molecule is CC(N)c1nnnn1CC(F)(F)F. The zero-order valence-corrected chi connectivity index (χ0v) is 6.78. The van der Waals surface area contributed by atoms with E-state index in [-0.39, 0.29) is 5.82 Å². The molecule has 1 aromatic heterocycles. The van der Waals surface area contributed by atoms with Crippen molar-refractivity contribution in [2.24, 2.45) is 5.73 Å². The van der Waals surface area contributed by atoms with E-state index in [2.05, 4.69) is 15.5 Å². The average molecular weight is 195 g/mol. The maximum Gasteiger partial charge on any atom is 0.408 e. The smallest absolute Gasteiger partial charge is 0.322 e. The Hall–Kier alpha value is -1.18. The predicted octanol–water partition coefficient (Wildman–Crippen LogP) is 0.255. The van der Waals surface area contributed by atoms with E-state index < -0.39 is 18.8 Å². The average Bonchev–Trinajstić information content (AvgIpc) is 2.31. The largest absolute Gasteiger partial charge is 0.408 e. The van der Waals surface area contributed by atoms with E-state index in [9.17, 15) is 13.2 Å². The molecule has 1 rings (SSSR count). The van der Waals surface area contributed by atoms with Crippen LogP contribution < -0.4 is 5.73 Å². The molecule has 0 spiro atoms. The first-order chi connectivity index (χ1) is 5.90. The fourth-order valence-corrected chi connectivity index (χ4v) is 0.820. The Kier molecular flexibility index (Phi) is 2.50. The number of halogens is 3. The molecule has 0 bridgehead atoms. The van der Waals surface area contributed by atoms with Crippen LogP contribution in [-0.4, -0.2) is 26.4 Å². The first-order valence-electron chi connectivity index (χ1n) is 3.48. The molecule has 0 aliphatic carbocycles. The summed E-state index contributed by atoms with van der Waals surface area (Å²) in [7, 11) is 0. The number of hydrogen-bond acceptors (Lipinski definition) is 4. The second-order valence-corrected chi connectivity index (χ2v) is 2.60. The van der Waals surface area contributed by atoms with Gasteiger partial charge in [-0.15, -0.1) is 5.10 Å². The van der Waals surface area contributed by atoms with Crippen molar-refractivity contribution < 1.29 is 13.2 Å². The van der Waals surface area contributed by atoms with Gasteiger partial charge >= 0.3 is 6.18 Å². The van der Waals surface area contributed by atoms with Crippen LogP contribution in [0.25, 0.3) is 0 Å². The van der Waals surface area contributed by atoms with Gasteiger partial charge in [0.15, 0.2) is 5.82 Å². The van der Waals surface area contributed by atoms with Crippen LogP contribution in [0.5, 0.6) is 0 Å². The molecule has 2 N–H and O–H groups in total. The summed E-state index contributed by atoms with van der Waals surface area (Å²) in [6.45, 7) is 0.301. The normalized spacial score (nSPS) is 14.5. The molecule has 0 saturated carbocycles. The Morgan fingerprint density at radius 3 is 2.62 bits per heavy atom. The molecule has 0 saturated heterocycles. The van der Waals surface area contributed by atoms with E-state index >= 15 is 0 Å². The van der Waals surface area contributed by atoms with Crippen molar-refractivity contribution in [2.45, 2.75) is 25.7 Å². The highest BCUT2D eigenvalue weighted by molar-refractivity contribution is 4.87. The van der Waals surface area contributed by atoms with Gasteiger partial charge in [0.25, 0.3) is 0 Å². The maximum atomic E-state index is 11.9. The number of nitrogens with two attached hydrogens (primary N) is 1. The molecule has 0 radical (unpaired) electrons. The molecular formula is C5H8F3N5. The van der Waals surface area contributed by atoms with Crippen molar-refractivity contribution in [2.75, 3.05) is 0 Å². The predicted molar refractivity (Wildman–Crippen MR) is 36.5 cm³/mol. The lowest BCUT2D eigenvalue weighted by atomic mass is 10.3.